The molecule has 1 aliphatic heterocycles. The van der Waals surface area contributed by atoms with E-state index in [0.29, 0.717) is 35.6 Å². The highest BCUT2D eigenvalue weighted by atomic mass is 127. The summed E-state index contributed by atoms with van der Waals surface area (Å²) >= 11 is 2.17. The van der Waals surface area contributed by atoms with Crippen molar-refractivity contribution in [2.45, 2.75) is 39.7 Å². The number of hydrogen-bond donors (Lipinski definition) is 1. The Morgan fingerprint density at radius 3 is 2.35 bits per heavy atom. The van der Waals surface area contributed by atoms with Crippen molar-refractivity contribution in [2.75, 3.05) is 33.9 Å². The molecule has 0 spiro atoms. The molecule has 2 rings (SSSR count). The van der Waals surface area contributed by atoms with Crippen molar-refractivity contribution in [2.24, 2.45) is 11.8 Å². The minimum atomic E-state index is -0.0635. The third kappa shape index (κ3) is 5.25. The number of piperidine rings is 1. The van der Waals surface area contributed by atoms with Crippen LogP contribution in [0.2, 0.25) is 0 Å². The van der Waals surface area contributed by atoms with Gasteiger partial charge in [0.15, 0.2) is 11.5 Å². The van der Waals surface area contributed by atoms with E-state index in [0.717, 1.165) is 22.6 Å². The van der Waals surface area contributed by atoms with Crippen LogP contribution in [-0.2, 0) is 0 Å². The van der Waals surface area contributed by atoms with Crippen LogP contribution in [0.4, 0.5) is 0 Å². The van der Waals surface area contributed by atoms with Crippen LogP contribution < -0.4 is 14.8 Å². The van der Waals surface area contributed by atoms with Gasteiger partial charge in [-0.3, -0.25) is 9.69 Å². The molecule has 1 atom stereocenters. The lowest BCUT2D eigenvalue weighted by atomic mass is 9.94. The van der Waals surface area contributed by atoms with Crippen LogP contribution in [0.15, 0.2) is 12.1 Å². The van der Waals surface area contributed by atoms with Crippen LogP contribution >= 0.6 is 22.6 Å². The number of halogens is 1. The minimum absolute atomic E-state index is 0.0635. The van der Waals surface area contributed by atoms with E-state index in [9.17, 15) is 4.79 Å². The molecule has 0 bridgehead atoms. The zero-order valence-electron chi connectivity index (χ0n) is 16.5. The zero-order chi connectivity index (χ0) is 19.3. The second-order valence-electron chi connectivity index (χ2n) is 7.43. The molecule has 0 saturated carbocycles. The van der Waals surface area contributed by atoms with Gasteiger partial charge in [-0.1, -0.05) is 20.8 Å². The average molecular weight is 474 g/mol. The molecular weight excluding hydrogens is 443 g/mol. The molecule has 0 radical (unpaired) electrons. The topological polar surface area (TPSA) is 50.8 Å². The van der Waals surface area contributed by atoms with Crippen molar-refractivity contribution in [1.82, 2.24) is 10.2 Å². The Morgan fingerprint density at radius 2 is 1.81 bits per heavy atom. The predicted octanol–water partition coefficient (Wildman–Crippen LogP) is 3.79. The second kappa shape index (κ2) is 9.78. The molecule has 1 N–H and O–H groups in total. The van der Waals surface area contributed by atoms with E-state index < -0.39 is 0 Å². The fourth-order valence-electron chi connectivity index (χ4n) is 3.47. The molecule has 1 amide bonds. The van der Waals surface area contributed by atoms with Crippen LogP contribution in [0.25, 0.3) is 0 Å². The molecule has 5 nitrogen and oxygen atoms in total. The summed E-state index contributed by atoms with van der Waals surface area (Å²) in [7, 11) is 3.18. The van der Waals surface area contributed by atoms with Gasteiger partial charge in [0, 0.05) is 16.2 Å². The smallest absolute Gasteiger partial charge is 0.252 e. The van der Waals surface area contributed by atoms with E-state index >= 15 is 0 Å². The molecule has 1 fully saturated rings. The maximum atomic E-state index is 12.8. The Balaban J connectivity index is 2.06. The van der Waals surface area contributed by atoms with E-state index in [1.807, 2.05) is 6.07 Å². The monoisotopic (exact) mass is 474 g/mol. The maximum Gasteiger partial charge on any atom is 0.252 e. The Labute approximate surface area is 170 Å². The molecule has 6 heteroatoms. The second-order valence-corrected chi connectivity index (χ2v) is 8.59. The normalized spacial score (nSPS) is 17.2. The largest absolute Gasteiger partial charge is 0.493 e. The van der Waals surface area contributed by atoms with Gasteiger partial charge >= 0.3 is 0 Å². The van der Waals surface area contributed by atoms with Crippen LogP contribution in [0, 0.1) is 15.4 Å². The summed E-state index contributed by atoms with van der Waals surface area (Å²) in [4.78, 5) is 15.3. The molecule has 0 aliphatic carbocycles. The van der Waals surface area contributed by atoms with Crippen LogP contribution in [-0.4, -0.2) is 50.7 Å². The molecule has 0 aromatic heterocycles. The molecule has 1 aromatic rings. The van der Waals surface area contributed by atoms with E-state index in [1.54, 1.807) is 20.3 Å². The Hall–Kier alpha value is -1.02. The van der Waals surface area contributed by atoms with Gasteiger partial charge in [0.05, 0.1) is 19.8 Å². The van der Waals surface area contributed by atoms with Gasteiger partial charge in [-0.15, -0.1) is 0 Å². The van der Waals surface area contributed by atoms with Crippen molar-refractivity contribution in [3.8, 4) is 11.5 Å². The highest BCUT2D eigenvalue weighted by Crippen LogP contribution is 2.31. The van der Waals surface area contributed by atoms with Crippen molar-refractivity contribution < 1.29 is 14.3 Å². The van der Waals surface area contributed by atoms with Gasteiger partial charge in [-0.25, -0.2) is 0 Å². The number of ether oxygens (including phenoxy) is 2. The molecule has 1 unspecified atom stereocenters. The number of hydrogen-bond acceptors (Lipinski definition) is 4. The van der Waals surface area contributed by atoms with Crippen molar-refractivity contribution >= 4 is 28.5 Å². The number of nitrogens with one attached hydrogen (secondary N) is 1. The molecule has 1 saturated heterocycles. The number of likely N-dealkylation sites (tertiary alicyclic amines) is 1. The Morgan fingerprint density at radius 1 is 1.23 bits per heavy atom. The van der Waals surface area contributed by atoms with E-state index in [1.165, 1.54) is 12.8 Å². The van der Waals surface area contributed by atoms with Crippen LogP contribution in [0.1, 0.15) is 44.0 Å². The highest BCUT2D eigenvalue weighted by Gasteiger charge is 2.26. The summed E-state index contributed by atoms with van der Waals surface area (Å²) in [5.74, 6) is 2.45. The Kier molecular flexibility index (Phi) is 8.01. The molecule has 1 aromatic carbocycles. The van der Waals surface area contributed by atoms with Gasteiger partial charge in [0.2, 0.25) is 0 Å². The van der Waals surface area contributed by atoms with Gasteiger partial charge in [-0.2, -0.15) is 0 Å². The number of carbonyl (C=O) groups is 1. The summed E-state index contributed by atoms with van der Waals surface area (Å²) in [5.41, 5.74) is 0.623. The fourth-order valence-corrected chi connectivity index (χ4v) is 4.15. The number of nitrogens with zero attached hydrogens (tertiary/aromatic N) is 1. The lowest BCUT2D eigenvalue weighted by Gasteiger charge is -2.38. The number of benzene rings is 1. The standard InChI is InChI=1S/C20H31IN2O3/c1-13(2)17(23-8-6-14(3)7-9-23)12-22-20(24)15-10-18(25-4)19(26-5)11-16(15)21/h10-11,13-14,17H,6-9,12H2,1-5H3,(H,22,24). The summed E-state index contributed by atoms with van der Waals surface area (Å²) in [5, 5.41) is 3.14. The summed E-state index contributed by atoms with van der Waals surface area (Å²) in [6, 6.07) is 3.95. The first-order valence-electron chi connectivity index (χ1n) is 9.31. The first-order chi connectivity index (χ1) is 12.4. The molecular formula is C20H31IN2O3. The summed E-state index contributed by atoms with van der Waals surface area (Å²) in [6.45, 7) is 9.68. The quantitative estimate of drug-likeness (QED) is 0.612. The van der Waals surface area contributed by atoms with Crippen molar-refractivity contribution in [3.05, 3.63) is 21.3 Å². The molecule has 146 valence electrons. The lowest BCUT2D eigenvalue weighted by molar-refractivity contribution is 0.0862. The van der Waals surface area contributed by atoms with Crippen LogP contribution in [0.3, 0.4) is 0 Å². The van der Waals surface area contributed by atoms with E-state index in [-0.39, 0.29) is 5.91 Å². The van der Waals surface area contributed by atoms with E-state index in [2.05, 4.69) is 53.6 Å². The maximum absolute atomic E-state index is 12.8. The number of amides is 1. The van der Waals surface area contributed by atoms with E-state index in [4.69, 9.17) is 9.47 Å². The van der Waals surface area contributed by atoms with Crippen molar-refractivity contribution in [3.63, 3.8) is 0 Å². The zero-order valence-corrected chi connectivity index (χ0v) is 18.6. The number of methoxy groups -OCH3 is 2. The van der Waals surface area contributed by atoms with Gasteiger partial charge in [0.1, 0.15) is 0 Å². The highest BCUT2D eigenvalue weighted by molar-refractivity contribution is 14.1. The number of carbonyl (C=O) groups excluding carboxylic acids is 1. The molecule has 1 heterocycles. The first-order valence-corrected chi connectivity index (χ1v) is 10.4. The third-order valence-corrected chi connectivity index (χ3v) is 6.14. The molecule has 26 heavy (non-hydrogen) atoms. The summed E-state index contributed by atoms with van der Waals surface area (Å²) in [6.07, 6.45) is 2.48. The van der Waals surface area contributed by atoms with Crippen molar-refractivity contribution in [1.29, 1.82) is 0 Å². The van der Waals surface area contributed by atoms with Crippen LogP contribution in [0.5, 0.6) is 11.5 Å². The fraction of sp³-hybridized carbons (Fsp3) is 0.650. The minimum Gasteiger partial charge on any atom is -0.493 e. The average Bonchev–Trinajstić information content (AvgIpc) is 2.62. The predicted molar refractivity (Wildman–Crippen MR) is 113 cm³/mol. The van der Waals surface area contributed by atoms with Gasteiger partial charge in [-0.05, 0) is 72.5 Å². The van der Waals surface area contributed by atoms with Gasteiger partial charge in [0.25, 0.3) is 5.91 Å². The Bertz CT molecular complexity index is 613. The SMILES string of the molecule is COc1cc(I)c(C(=O)NCC(C(C)C)N2CCC(C)CC2)cc1OC. The number of rotatable bonds is 7. The van der Waals surface area contributed by atoms with Gasteiger partial charge < -0.3 is 14.8 Å². The first kappa shape index (κ1) is 21.3. The third-order valence-electron chi connectivity index (χ3n) is 5.25. The lowest BCUT2D eigenvalue weighted by Crippen LogP contribution is -2.49. The molecule has 1 aliphatic rings. The summed E-state index contributed by atoms with van der Waals surface area (Å²) < 4.78 is 11.5.